The zero-order valence-electron chi connectivity index (χ0n) is 17.6. The van der Waals surface area contributed by atoms with Gasteiger partial charge in [-0.05, 0) is 49.7 Å². The predicted molar refractivity (Wildman–Crippen MR) is 113 cm³/mol. The summed E-state index contributed by atoms with van der Waals surface area (Å²) >= 11 is 0. The van der Waals surface area contributed by atoms with E-state index in [0.29, 0.717) is 30.2 Å². The lowest BCUT2D eigenvalue weighted by Crippen LogP contribution is -2.24. The highest BCUT2D eigenvalue weighted by Gasteiger charge is 2.13. The van der Waals surface area contributed by atoms with Crippen LogP contribution >= 0.6 is 0 Å². The Labute approximate surface area is 175 Å². The molecule has 0 radical (unpaired) electrons. The summed E-state index contributed by atoms with van der Waals surface area (Å²) in [4.78, 5) is 25.8. The predicted octanol–water partition coefficient (Wildman–Crippen LogP) is 4.10. The number of hydrogen-bond acceptors (Lipinski definition) is 5. The summed E-state index contributed by atoms with van der Waals surface area (Å²) in [6.45, 7) is 5.99. The molecule has 0 atom stereocenters. The maximum Gasteiger partial charge on any atom is 0.255 e. The summed E-state index contributed by atoms with van der Waals surface area (Å²) in [7, 11) is 1.72. The van der Waals surface area contributed by atoms with Crippen LogP contribution in [0.2, 0.25) is 0 Å². The van der Waals surface area contributed by atoms with E-state index in [1.54, 1.807) is 36.2 Å². The highest BCUT2D eigenvalue weighted by molar-refractivity contribution is 6.04. The monoisotopic (exact) mass is 407 g/mol. The van der Waals surface area contributed by atoms with Crippen LogP contribution in [0.25, 0.3) is 0 Å². The fourth-order valence-corrected chi connectivity index (χ4v) is 2.91. The van der Waals surface area contributed by atoms with E-state index in [1.807, 2.05) is 38.1 Å². The van der Waals surface area contributed by atoms with Gasteiger partial charge in [0.2, 0.25) is 5.91 Å². The first-order valence-electron chi connectivity index (χ1n) is 9.60. The molecule has 30 heavy (non-hydrogen) atoms. The topological polar surface area (TPSA) is 84.7 Å². The number of carbonyl (C=O) groups is 2. The first kappa shape index (κ1) is 21.1. The van der Waals surface area contributed by atoms with Crippen molar-refractivity contribution in [3.63, 3.8) is 0 Å². The Bertz CT molecular complexity index is 1020. The van der Waals surface area contributed by atoms with E-state index in [-0.39, 0.29) is 11.8 Å². The van der Waals surface area contributed by atoms with Crippen molar-refractivity contribution in [3.05, 3.63) is 76.7 Å². The van der Waals surface area contributed by atoms with Gasteiger partial charge >= 0.3 is 0 Å². The minimum Gasteiger partial charge on any atom is -0.489 e. The van der Waals surface area contributed by atoms with Gasteiger partial charge in [0.05, 0.1) is 11.3 Å². The summed E-state index contributed by atoms with van der Waals surface area (Å²) in [5, 5.41) is 6.83. The van der Waals surface area contributed by atoms with Crippen molar-refractivity contribution in [2.45, 2.75) is 33.9 Å². The zero-order valence-corrected chi connectivity index (χ0v) is 17.6. The Kier molecular flexibility index (Phi) is 6.51. The second-order valence-electron chi connectivity index (χ2n) is 7.10. The van der Waals surface area contributed by atoms with E-state index in [1.165, 1.54) is 6.92 Å². The molecule has 3 rings (SSSR count). The molecule has 1 aromatic heterocycles. The van der Waals surface area contributed by atoms with E-state index in [2.05, 4.69) is 10.5 Å². The molecule has 1 N–H and O–H groups in total. The third kappa shape index (κ3) is 5.05. The van der Waals surface area contributed by atoms with Crippen LogP contribution in [0.1, 0.15) is 39.9 Å². The average molecular weight is 407 g/mol. The van der Waals surface area contributed by atoms with Crippen molar-refractivity contribution in [3.8, 4) is 5.75 Å². The standard InChI is InChI=1S/C23H25N3O4/c1-15-21(16(2)30-25-15)14-29-20-11-9-18(10-12-20)23(28)24-22-8-6-5-7-19(22)13-26(4)17(3)27/h5-12H,13-14H2,1-4H3,(H,24,28). The number of nitrogens with one attached hydrogen (secondary N) is 1. The molecule has 0 spiro atoms. The van der Waals surface area contributed by atoms with Gasteiger partial charge in [-0.3, -0.25) is 9.59 Å². The smallest absolute Gasteiger partial charge is 0.255 e. The second-order valence-corrected chi connectivity index (χ2v) is 7.10. The minimum absolute atomic E-state index is 0.0386. The largest absolute Gasteiger partial charge is 0.489 e. The highest BCUT2D eigenvalue weighted by atomic mass is 16.5. The molecule has 0 saturated heterocycles. The van der Waals surface area contributed by atoms with Gasteiger partial charge in [-0.25, -0.2) is 0 Å². The number of anilines is 1. The molecule has 0 aliphatic rings. The summed E-state index contributed by atoms with van der Waals surface area (Å²) in [5.74, 6) is 1.11. The summed E-state index contributed by atoms with van der Waals surface area (Å²) in [6.07, 6.45) is 0. The molecule has 0 unspecified atom stereocenters. The maximum absolute atomic E-state index is 12.7. The first-order chi connectivity index (χ1) is 14.3. The van der Waals surface area contributed by atoms with E-state index in [9.17, 15) is 9.59 Å². The third-order valence-electron chi connectivity index (χ3n) is 4.89. The number of ether oxygens (including phenoxy) is 1. The quantitative estimate of drug-likeness (QED) is 0.637. The Balaban J connectivity index is 1.65. The van der Waals surface area contributed by atoms with Gasteiger partial charge in [-0.2, -0.15) is 0 Å². The van der Waals surface area contributed by atoms with Crippen molar-refractivity contribution >= 4 is 17.5 Å². The van der Waals surface area contributed by atoms with Crippen LogP contribution in [0.15, 0.2) is 53.1 Å². The van der Waals surface area contributed by atoms with Crippen molar-refractivity contribution in [2.75, 3.05) is 12.4 Å². The van der Waals surface area contributed by atoms with Crippen molar-refractivity contribution in [1.29, 1.82) is 0 Å². The third-order valence-corrected chi connectivity index (χ3v) is 4.89. The lowest BCUT2D eigenvalue weighted by molar-refractivity contribution is -0.128. The number of aryl methyl sites for hydroxylation is 2. The molecule has 0 aliphatic carbocycles. The fourth-order valence-electron chi connectivity index (χ4n) is 2.91. The molecular weight excluding hydrogens is 382 g/mol. The molecule has 2 aromatic carbocycles. The molecule has 3 aromatic rings. The molecular formula is C23H25N3O4. The van der Waals surface area contributed by atoms with Gasteiger partial charge in [-0.1, -0.05) is 23.4 Å². The molecule has 0 aliphatic heterocycles. The van der Waals surface area contributed by atoms with Gasteiger partial charge in [-0.15, -0.1) is 0 Å². The summed E-state index contributed by atoms with van der Waals surface area (Å²) < 4.78 is 10.9. The lowest BCUT2D eigenvalue weighted by atomic mass is 10.1. The molecule has 7 nitrogen and oxygen atoms in total. The van der Waals surface area contributed by atoms with Crippen LogP contribution in [0, 0.1) is 13.8 Å². The van der Waals surface area contributed by atoms with Gasteiger partial charge in [0, 0.05) is 31.8 Å². The number of nitrogens with zero attached hydrogens (tertiary/aromatic N) is 2. The number of amides is 2. The zero-order chi connectivity index (χ0) is 21.7. The van der Waals surface area contributed by atoms with Crippen LogP contribution in [-0.2, 0) is 17.9 Å². The van der Waals surface area contributed by atoms with Crippen LogP contribution in [0.4, 0.5) is 5.69 Å². The number of aromatic nitrogens is 1. The number of benzene rings is 2. The Morgan fingerprint density at radius 1 is 1.10 bits per heavy atom. The second kappa shape index (κ2) is 9.26. The number of rotatable bonds is 7. The van der Waals surface area contributed by atoms with E-state index in [4.69, 9.17) is 9.26 Å². The molecule has 7 heteroatoms. The average Bonchev–Trinajstić information content (AvgIpc) is 3.05. The van der Waals surface area contributed by atoms with Crippen molar-refractivity contribution in [1.82, 2.24) is 10.1 Å². The van der Waals surface area contributed by atoms with Crippen LogP contribution in [0.5, 0.6) is 5.75 Å². The summed E-state index contributed by atoms with van der Waals surface area (Å²) in [6, 6.07) is 14.4. The Morgan fingerprint density at radius 3 is 2.43 bits per heavy atom. The van der Waals surface area contributed by atoms with Gasteiger partial charge in [0.15, 0.2) is 0 Å². The number of para-hydroxylation sites is 1. The molecule has 2 amide bonds. The molecule has 0 bridgehead atoms. The van der Waals surface area contributed by atoms with Crippen LogP contribution in [0.3, 0.4) is 0 Å². The van der Waals surface area contributed by atoms with Crippen LogP contribution in [-0.4, -0.2) is 28.9 Å². The maximum atomic E-state index is 12.7. The number of hydrogen-bond donors (Lipinski definition) is 1. The highest BCUT2D eigenvalue weighted by Crippen LogP contribution is 2.20. The Morgan fingerprint density at radius 2 is 1.80 bits per heavy atom. The van der Waals surface area contributed by atoms with E-state index >= 15 is 0 Å². The fraction of sp³-hybridized carbons (Fsp3) is 0.261. The van der Waals surface area contributed by atoms with E-state index < -0.39 is 0 Å². The first-order valence-corrected chi connectivity index (χ1v) is 9.60. The van der Waals surface area contributed by atoms with Gasteiger partial charge < -0.3 is 19.5 Å². The molecule has 0 saturated carbocycles. The minimum atomic E-state index is -0.231. The van der Waals surface area contributed by atoms with E-state index in [0.717, 1.165) is 22.6 Å². The molecule has 1 heterocycles. The van der Waals surface area contributed by atoms with Crippen LogP contribution < -0.4 is 10.1 Å². The Hall–Kier alpha value is -3.61. The van der Waals surface area contributed by atoms with Gasteiger partial charge in [0.1, 0.15) is 18.1 Å². The molecule has 156 valence electrons. The SMILES string of the molecule is CC(=O)N(C)Cc1ccccc1NC(=O)c1ccc(OCc2c(C)noc2C)cc1. The van der Waals surface area contributed by atoms with Crippen molar-refractivity contribution in [2.24, 2.45) is 0 Å². The summed E-state index contributed by atoms with van der Waals surface area (Å²) in [5.41, 5.74) is 3.77. The normalized spacial score (nSPS) is 10.5. The molecule has 0 fully saturated rings. The lowest BCUT2D eigenvalue weighted by Gasteiger charge is -2.18. The number of carbonyl (C=O) groups excluding carboxylic acids is 2. The van der Waals surface area contributed by atoms with Crippen molar-refractivity contribution < 1.29 is 18.8 Å². The van der Waals surface area contributed by atoms with Gasteiger partial charge in [0.25, 0.3) is 5.91 Å².